The molecule has 2 aromatic heterocycles. The van der Waals surface area contributed by atoms with E-state index in [2.05, 4.69) is 45.3 Å². The molecule has 2 rings (SSSR count). The Hall–Kier alpha value is -0.620. The first-order valence-electron chi connectivity index (χ1n) is 5.96. The van der Waals surface area contributed by atoms with Crippen LogP contribution in [0.25, 0.3) is 0 Å². The monoisotopic (exact) mass is 328 g/mol. The van der Waals surface area contributed by atoms with Gasteiger partial charge in [-0.3, -0.25) is 4.90 Å². The van der Waals surface area contributed by atoms with E-state index in [9.17, 15) is 0 Å². The predicted octanol–water partition coefficient (Wildman–Crippen LogP) is 3.63. The molecule has 0 amide bonds. The van der Waals surface area contributed by atoms with Crippen molar-refractivity contribution in [1.29, 1.82) is 0 Å². The lowest BCUT2D eigenvalue weighted by molar-refractivity contribution is 0.180. The molecule has 1 unspecified atom stereocenters. The lowest BCUT2D eigenvalue weighted by Crippen LogP contribution is -2.32. The number of hydrogen-bond acceptors (Lipinski definition) is 4. The fraction of sp³-hybridized carbons (Fsp3) is 0.385. The summed E-state index contributed by atoms with van der Waals surface area (Å²) in [5.74, 6) is 0.919. The predicted molar refractivity (Wildman–Crippen MR) is 78.6 cm³/mol. The maximum atomic E-state index is 5.91. The van der Waals surface area contributed by atoms with Gasteiger partial charge in [-0.15, -0.1) is 11.3 Å². The minimum absolute atomic E-state index is 0.128. The van der Waals surface area contributed by atoms with Gasteiger partial charge in [-0.25, -0.2) is 0 Å². The summed E-state index contributed by atoms with van der Waals surface area (Å²) in [5.41, 5.74) is 5.91. The molecule has 0 aliphatic heterocycles. The Balaban J connectivity index is 2.13. The third-order valence-electron chi connectivity index (χ3n) is 2.93. The van der Waals surface area contributed by atoms with Crippen LogP contribution in [0.15, 0.2) is 38.7 Å². The fourth-order valence-corrected chi connectivity index (χ4v) is 3.05. The second-order valence-corrected chi connectivity index (χ2v) is 5.85. The summed E-state index contributed by atoms with van der Waals surface area (Å²) >= 11 is 5.11. The number of furan rings is 1. The number of nitrogens with two attached hydrogens (primary N) is 1. The molecule has 2 heterocycles. The zero-order valence-corrected chi connectivity index (χ0v) is 12.7. The van der Waals surface area contributed by atoms with E-state index in [1.165, 1.54) is 4.88 Å². The highest BCUT2D eigenvalue weighted by Crippen LogP contribution is 2.26. The summed E-state index contributed by atoms with van der Waals surface area (Å²) in [4.78, 5) is 3.68. The van der Waals surface area contributed by atoms with E-state index in [1.54, 1.807) is 11.3 Å². The van der Waals surface area contributed by atoms with Crippen LogP contribution in [0.2, 0.25) is 0 Å². The van der Waals surface area contributed by atoms with Crippen molar-refractivity contribution in [3.8, 4) is 0 Å². The molecule has 5 heteroatoms. The molecular weight excluding hydrogens is 312 g/mol. The summed E-state index contributed by atoms with van der Waals surface area (Å²) < 4.78 is 6.39. The van der Waals surface area contributed by atoms with Gasteiger partial charge in [0.25, 0.3) is 0 Å². The van der Waals surface area contributed by atoms with Crippen molar-refractivity contribution in [2.45, 2.75) is 19.5 Å². The lowest BCUT2D eigenvalue weighted by atomic mass is 10.2. The van der Waals surface area contributed by atoms with Gasteiger partial charge in [0.05, 0.1) is 6.04 Å². The summed E-state index contributed by atoms with van der Waals surface area (Å²) in [6.45, 7) is 4.56. The topological polar surface area (TPSA) is 42.4 Å². The van der Waals surface area contributed by atoms with E-state index in [4.69, 9.17) is 10.2 Å². The zero-order chi connectivity index (χ0) is 13.0. The Labute approximate surface area is 120 Å². The van der Waals surface area contributed by atoms with Gasteiger partial charge in [0.1, 0.15) is 5.76 Å². The van der Waals surface area contributed by atoms with Gasteiger partial charge in [0.2, 0.25) is 0 Å². The van der Waals surface area contributed by atoms with E-state index >= 15 is 0 Å². The first kappa shape index (κ1) is 13.8. The molecule has 98 valence electrons. The average molecular weight is 329 g/mol. The standard InChI is InChI=1S/C13H17BrN2OS/c1-2-16(9-10-4-3-7-18-10)11(8-15)12-5-6-13(14)17-12/h3-7,11H,2,8-9,15H2,1H3. The van der Waals surface area contributed by atoms with Gasteiger partial charge < -0.3 is 10.2 Å². The Morgan fingerprint density at radius 3 is 2.78 bits per heavy atom. The number of hydrogen-bond donors (Lipinski definition) is 1. The van der Waals surface area contributed by atoms with Crippen molar-refractivity contribution >= 4 is 27.3 Å². The van der Waals surface area contributed by atoms with Gasteiger partial charge in [0, 0.05) is 18.0 Å². The second kappa shape index (κ2) is 6.52. The van der Waals surface area contributed by atoms with E-state index in [-0.39, 0.29) is 6.04 Å². The number of rotatable bonds is 6. The molecule has 0 fully saturated rings. The highest BCUT2D eigenvalue weighted by Gasteiger charge is 2.21. The highest BCUT2D eigenvalue weighted by molar-refractivity contribution is 9.10. The Morgan fingerprint density at radius 2 is 2.28 bits per heavy atom. The van der Waals surface area contributed by atoms with Crippen LogP contribution < -0.4 is 5.73 Å². The first-order valence-corrected chi connectivity index (χ1v) is 7.63. The van der Waals surface area contributed by atoms with Gasteiger partial charge in [-0.2, -0.15) is 0 Å². The summed E-state index contributed by atoms with van der Waals surface area (Å²) in [6, 6.07) is 8.26. The van der Waals surface area contributed by atoms with Gasteiger partial charge >= 0.3 is 0 Å². The smallest absolute Gasteiger partial charge is 0.169 e. The van der Waals surface area contributed by atoms with Crippen molar-refractivity contribution in [2.24, 2.45) is 5.73 Å². The molecule has 0 aliphatic carbocycles. The Kier molecular flexibility index (Phi) is 5.00. The number of thiophene rings is 1. The van der Waals surface area contributed by atoms with Crippen molar-refractivity contribution in [3.63, 3.8) is 0 Å². The molecule has 0 saturated heterocycles. The quantitative estimate of drug-likeness (QED) is 0.880. The summed E-state index contributed by atoms with van der Waals surface area (Å²) in [6.07, 6.45) is 0. The molecule has 2 aromatic rings. The van der Waals surface area contributed by atoms with Crippen LogP contribution in [0.3, 0.4) is 0 Å². The highest BCUT2D eigenvalue weighted by atomic mass is 79.9. The van der Waals surface area contributed by atoms with Crippen LogP contribution in [0.1, 0.15) is 23.6 Å². The normalized spacial score (nSPS) is 13.1. The molecule has 0 aromatic carbocycles. The molecule has 1 atom stereocenters. The Morgan fingerprint density at radius 1 is 1.44 bits per heavy atom. The number of likely N-dealkylation sites (N-methyl/N-ethyl adjacent to an activating group) is 1. The van der Waals surface area contributed by atoms with Crippen molar-refractivity contribution in [1.82, 2.24) is 4.90 Å². The molecule has 2 N–H and O–H groups in total. The molecule has 0 radical (unpaired) electrons. The van der Waals surface area contributed by atoms with Crippen LogP contribution in [-0.2, 0) is 6.54 Å². The molecule has 0 spiro atoms. The van der Waals surface area contributed by atoms with Crippen molar-refractivity contribution in [2.75, 3.05) is 13.1 Å². The van der Waals surface area contributed by atoms with Gasteiger partial charge in [-0.1, -0.05) is 13.0 Å². The summed E-state index contributed by atoms with van der Waals surface area (Å²) in [7, 11) is 0. The SMILES string of the molecule is CCN(Cc1cccs1)C(CN)c1ccc(Br)o1. The molecule has 0 bridgehead atoms. The van der Waals surface area contributed by atoms with Crippen LogP contribution in [-0.4, -0.2) is 18.0 Å². The van der Waals surface area contributed by atoms with Crippen LogP contribution in [0.5, 0.6) is 0 Å². The fourth-order valence-electron chi connectivity index (χ4n) is 2.00. The zero-order valence-electron chi connectivity index (χ0n) is 10.3. The van der Waals surface area contributed by atoms with E-state index in [1.807, 2.05) is 12.1 Å². The third kappa shape index (κ3) is 3.23. The maximum Gasteiger partial charge on any atom is 0.169 e. The minimum Gasteiger partial charge on any atom is -0.453 e. The van der Waals surface area contributed by atoms with E-state index in [0.717, 1.165) is 23.5 Å². The maximum absolute atomic E-state index is 5.91. The lowest BCUT2D eigenvalue weighted by Gasteiger charge is -2.27. The molecule has 3 nitrogen and oxygen atoms in total. The Bertz CT molecular complexity index is 469. The average Bonchev–Trinajstić information content (AvgIpc) is 3.01. The number of nitrogens with zero attached hydrogens (tertiary/aromatic N) is 1. The largest absolute Gasteiger partial charge is 0.453 e. The molecular formula is C13H17BrN2OS. The molecule has 0 saturated carbocycles. The van der Waals surface area contributed by atoms with E-state index < -0.39 is 0 Å². The van der Waals surface area contributed by atoms with Crippen LogP contribution in [0, 0.1) is 0 Å². The minimum atomic E-state index is 0.128. The first-order chi connectivity index (χ1) is 8.74. The molecule has 18 heavy (non-hydrogen) atoms. The van der Waals surface area contributed by atoms with Crippen LogP contribution in [0.4, 0.5) is 0 Å². The van der Waals surface area contributed by atoms with E-state index in [0.29, 0.717) is 6.54 Å². The second-order valence-electron chi connectivity index (χ2n) is 4.04. The third-order valence-corrected chi connectivity index (χ3v) is 4.22. The van der Waals surface area contributed by atoms with Gasteiger partial charge in [0.15, 0.2) is 4.67 Å². The number of halogens is 1. The van der Waals surface area contributed by atoms with Crippen LogP contribution >= 0.6 is 27.3 Å². The van der Waals surface area contributed by atoms with Gasteiger partial charge in [-0.05, 0) is 46.1 Å². The van der Waals surface area contributed by atoms with Crippen molar-refractivity contribution in [3.05, 3.63) is 45.0 Å². The molecule has 0 aliphatic rings. The van der Waals surface area contributed by atoms with Crippen molar-refractivity contribution < 1.29 is 4.42 Å². The summed E-state index contributed by atoms with van der Waals surface area (Å²) in [5, 5.41) is 2.10.